The first-order valence-electron chi connectivity index (χ1n) is 9.85. The first kappa shape index (κ1) is 21.1. The van der Waals surface area contributed by atoms with Crippen LogP contribution < -0.4 is 10.2 Å². The van der Waals surface area contributed by atoms with Crippen LogP contribution in [0, 0.1) is 0 Å². The van der Waals surface area contributed by atoms with Gasteiger partial charge in [-0.15, -0.1) is 0 Å². The molecule has 1 saturated heterocycles. The van der Waals surface area contributed by atoms with Gasteiger partial charge in [0.05, 0.1) is 22.5 Å². The average Bonchev–Trinajstić information content (AvgIpc) is 2.79. The van der Waals surface area contributed by atoms with Crippen molar-refractivity contribution in [1.29, 1.82) is 0 Å². The second-order valence-corrected chi connectivity index (χ2v) is 8.00. The van der Waals surface area contributed by atoms with Gasteiger partial charge in [-0.05, 0) is 42.0 Å². The van der Waals surface area contributed by atoms with Crippen molar-refractivity contribution in [2.75, 3.05) is 36.4 Å². The highest BCUT2D eigenvalue weighted by molar-refractivity contribution is 7.80. The SMILES string of the molecule is O=C(O)c1ccc(NC(=S)N2CCN(c3cncc(-c4ccccc4)c3)CC2)cc1Cl. The van der Waals surface area contributed by atoms with Crippen molar-refractivity contribution in [3.8, 4) is 11.1 Å². The molecule has 2 aromatic carbocycles. The van der Waals surface area contributed by atoms with Crippen LogP contribution in [0.15, 0.2) is 67.0 Å². The van der Waals surface area contributed by atoms with Gasteiger partial charge in [0.25, 0.3) is 0 Å². The predicted octanol–water partition coefficient (Wildman–Crippen LogP) is 4.62. The number of anilines is 2. The summed E-state index contributed by atoms with van der Waals surface area (Å²) in [5.41, 5.74) is 4.07. The van der Waals surface area contributed by atoms with Crippen LogP contribution in [0.5, 0.6) is 0 Å². The number of carboxylic acid groups (broad SMARTS) is 1. The molecule has 0 saturated carbocycles. The Hall–Kier alpha value is -3.16. The fourth-order valence-corrected chi connectivity index (χ4v) is 4.09. The number of piperazine rings is 1. The summed E-state index contributed by atoms with van der Waals surface area (Å²) in [4.78, 5) is 19.9. The Bertz CT molecular complexity index is 1100. The van der Waals surface area contributed by atoms with Gasteiger partial charge in [-0.2, -0.15) is 0 Å². The maximum atomic E-state index is 11.1. The topological polar surface area (TPSA) is 68.7 Å². The standard InChI is InChI=1S/C23H21ClN4O2S/c24-21-13-18(6-7-20(21)22(29)30)26-23(31)28-10-8-27(9-11-28)19-12-17(14-25-15-19)16-4-2-1-3-5-16/h1-7,12-15H,8-11H2,(H,26,31)(H,29,30). The van der Waals surface area contributed by atoms with Gasteiger partial charge in [-0.25, -0.2) is 4.79 Å². The number of benzene rings is 2. The molecule has 1 aliphatic rings. The van der Waals surface area contributed by atoms with Crippen molar-refractivity contribution in [3.05, 3.63) is 77.6 Å². The number of halogens is 1. The van der Waals surface area contributed by atoms with E-state index in [1.807, 2.05) is 30.6 Å². The summed E-state index contributed by atoms with van der Waals surface area (Å²) in [6.07, 6.45) is 3.78. The van der Waals surface area contributed by atoms with Gasteiger partial charge in [-0.3, -0.25) is 4.98 Å². The van der Waals surface area contributed by atoms with E-state index in [-0.39, 0.29) is 10.6 Å². The fraction of sp³-hybridized carbons (Fsp3) is 0.174. The smallest absolute Gasteiger partial charge is 0.337 e. The normalized spacial score (nSPS) is 13.7. The molecule has 1 fully saturated rings. The Labute approximate surface area is 191 Å². The Morgan fingerprint density at radius 2 is 1.74 bits per heavy atom. The van der Waals surface area contributed by atoms with Crippen LogP contribution in [-0.4, -0.2) is 52.3 Å². The summed E-state index contributed by atoms with van der Waals surface area (Å²) in [5, 5.41) is 13.0. The monoisotopic (exact) mass is 452 g/mol. The largest absolute Gasteiger partial charge is 0.478 e. The van der Waals surface area contributed by atoms with Crippen molar-refractivity contribution < 1.29 is 9.90 Å². The van der Waals surface area contributed by atoms with Gasteiger partial charge >= 0.3 is 5.97 Å². The lowest BCUT2D eigenvalue weighted by molar-refractivity contribution is 0.0697. The van der Waals surface area contributed by atoms with Crippen LogP contribution in [0.3, 0.4) is 0 Å². The Morgan fingerprint density at radius 1 is 1.00 bits per heavy atom. The minimum absolute atomic E-state index is 0.0677. The number of carbonyl (C=O) groups is 1. The van der Waals surface area contributed by atoms with E-state index in [0.717, 1.165) is 43.0 Å². The Morgan fingerprint density at radius 3 is 2.42 bits per heavy atom. The number of hydrogen-bond acceptors (Lipinski definition) is 4. The highest BCUT2D eigenvalue weighted by Gasteiger charge is 2.20. The fourth-order valence-electron chi connectivity index (χ4n) is 3.53. The van der Waals surface area contributed by atoms with Crippen molar-refractivity contribution >= 4 is 46.3 Å². The first-order chi connectivity index (χ1) is 15.0. The molecule has 0 radical (unpaired) electrons. The van der Waals surface area contributed by atoms with Gasteiger partial charge in [0.1, 0.15) is 0 Å². The average molecular weight is 453 g/mol. The van der Waals surface area contributed by atoms with Gasteiger partial charge in [-0.1, -0.05) is 41.9 Å². The van der Waals surface area contributed by atoms with E-state index < -0.39 is 5.97 Å². The molecule has 4 rings (SSSR count). The number of thiocarbonyl (C=S) groups is 1. The molecule has 1 aliphatic heterocycles. The third kappa shape index (κ3) is 4.95. The van der Waals surface area contributed by atoms with Gasteiger partial charge in [0.2, 0.25) is 0 Å². The Balaban J connectivity index is 1.37. The molecule has 0 bridgehead atoms. The zero-order chi connectivity index (χ0) is 21.8. The number of nitrogens with one attached hydrogen (secondary N) is 1. The van der Waals surface area contributed by atoms with Crippen molar-refractivity contribution in [3.63, 3.8) is 0 Å². The van der Waals surface area contributed by atoms with E-state index in [2.05, 4.69) is 38.3 Å². The molecule has 2 N–H and O–H groups in total. The molecule has 0 aliphatic carbocycles. The molecule has 1 aromatic heterocycles. The number of rotatable bonds is 4. The second kappa shape index (κ2) is 9.32. The summed E-state index contributed by atoms with van der Waals surface area (Å²) < 4.78 is 0. The lowest BCUT2D eigenvalue weighted by atomic mass is 10.1. The maximum Gasteiger partial charge on any atom is 0.337 e. The number of aromatic carboxylic acids is 1. The zero-order valence-electron chi connectivity index (χ0n) is 16.7. The van der Waals surface area contributed by atoms with E-state index in [1.54, 1.807) is 12.1 Å². The number of hydrogen-bond donors (Lipinski definition) is 2. The summed E-state index contributed by atoms with van der Waals surface area (Å²) in [6.45, 7) is 3.17. The molecule has 6 nitrogen and oxygen atoms in total. The molecule has 0 amide bonds. The molecule has 0 spiro atoms. The minimum atomic E-state index is -1.05. The summed E-state index contributed by atoms with van der Waals surface area (Å²) in [6, 6.07) is 17.1. The number of carboxylic acids is 1. The van der Waals surface area contributed by atoms with Crippen molar-refractivity contribution in [2.45, 2.75) is 0 Å². The molecule has 0 atom stereocenters. The summed E-state index contributed by atoms with van der Waals surface area (Å²) in [7, 11) is 0. The minimum Gasteiger partial charge on any atom is -0.478 e. The highest BCUT2D eigenvalue weighted by atomic mass is 35.5. The highest BCUT2D eigenvalue weighted by Crippen LogP contribution is 2.25. The molecule has 8 heteroatoms. The van der Waals surface area contributed by atoms with E-state index in [1.165, 1.54) is 6.07 Å². The third-order valence-electron chi connectivity index (χ3n) is 5.21. The quantitative estimate of drug-likeness (QED) is 0.560. The lowest BCUT2D eigenvalue weighted by Gasteiger charge is -2.37. The second-order valence-electron chi connectivity index (χ2n) is 7.20. The summed E-state index contributed by atoms with van der Waals surface area (Å²) in [5.74, 6) is -1.05. The van der Waals surface area contributed by atoms with E-state index in [0.29, 0.717) is 10.8 Å². The van der Waals surface area contributed by atoms with Crippen LogP contribution in [0.4, 0.5) is 11.4 Å². The van der Waals surface area contributed by atoms with Crippen LogP contribution in [0.2, 0.25) is 5.02 Å². The molecular formula is C23H21ClN4O2S. The molecular weight excluding hydrogens is 432 g/mol. The molecule has 31 heavy (non-hydrogen) atoms. The number of aromatic nitrogens is 1. The van der Waals surface area contributed by atoms with Gasteiger partial charge in [0, 0.05) is 43.6 Å². The molecule has 158 valence electrons. The van der Waals surface area contributed by atoms with Crippen LogP contribution in [0.1, 0.15) is 10.4 Å². The first-order valence-corrected chi connectivity index (χ1v) is 10.6. The molecule has 2 heterocycles. The maximum absolute atomic E-state index is 11.1. The van der Waals surface area contributed by atoms with Crippen molar-refractivity contribution in [1.82, 2.24) is 9.88 Å². The van der Waals surface area contributed by atoms with E-state index in [4.69, 9.17) is 28.9 Å². The van der Waals surface area contributed by atoms with Crippen LogP contribution in [0.25, 0.3) is 11.1 Å². The van der Waals surface area contributed by atoms with Gasteiger partial charge < -0.3 is 20.2 Å². The number of pyridine rings is 1. The third-order valence-corrected chi connectivity index (χ3v) is 5.89. The summed E-state index contributed by atoms with van der Waals surface area (Å²) >= 11 is 11.6. The van der Waals surface area contributed by atoms with Crippen LogP contribution in [-0.2, 0) is 0 Å². The number of nitrogens with zero attached hydrogens (tertiary/aromatic N) is 3. The van der Waals surface area contributed by atoms with Crippen molar-refractivity contribution in [2.24, 2.45) is 0 Å². The van der Waals surface area contributed by atoms with Gasteiger partial charge in [0.15, 0.2) is 5.11 Å². The van der Waals surface area contributed by atoms with E-state index in [9.17, 15) is 4.79 Å². The van der Waals surface area contributed by atoms with E-state index >= 15 is 0 Å². The predicted molar refractivity (Wildman–Crippen MR) is 128 cm³/mol. The zero-order valence-corrected chi connectivity index (χ0v) is 18.2. The van der Waals surface area contributed by atoms with Crippen LogP contribution >= 0.6 is 23.8 Å². The lowest BCUT2D eigenvalue weighted by Crippen LogP contribution is -2.50. The Kier molecular flexibility index (Phi) is 6.34. The molecule has 3 aromatic rings. The molecule has 0 unspecified atom stereocenters.